The Bertz CT molecular complexity index is 875. The number of carbonyl (C=O) groups excluding carboxylic acids is 1. The molecule has 1 fully saturated rings. The highest BCUT2D eigenvalue weighted by molar-refractivity contribution is 14.0. The molecule has 8 heteroatoms. The SMILES string of the molecule is CCNC(=NCc1cccc(NC(=O)C2CCC2)c1)NCc1cc(C(CC)CC)no1.I. The molecule has 0 aliphatic heterocycles. The summed E-state index contributed by atoms with van der Waals surface area (Å²) in [6, 6.07) is 9.92. The van der Waals surface area contributed by atoms with Crippen molar-refractivity contribution in [1.82, 2.24) is 15.8 Å². The maximum Gasteiger partial charge on any atom is 0.227 e. The number of nitrogens with one attached hydrogen (secondary N) is 3. The molecule has 3 rings (SSSR count). The standard InChI is InChI=1S/C24H35N5O2.HI/c1-4-18(5-2)22-14-21(31-29-22)16-27-24(25-6-3)26-15-17-9-7-12-20(13-17)28-23(30)19-10-8-11-19;/h7,9,12-14,18-19H,4-6,8,10-11,15-16H2,1-3H3,(H,28,30)(H2,25,26,27);1H. The lowest BCUT2D eigenvalue weighted by atomic mass is 9.85. The van der Waals surface area contributed by atoms with E-state index in [0.29, 0.717) is 25.0 Å². The summed E-state index contributed by atoms with van der Waals surface area (Å²) in [6.45, 7) is 8.18. The molecule has 1 amide bonds. The van der Waals surface area contributed by atoms with Crippen molar-refractivity contribution in [2.45, 2.75) is 71.9 Å². The fraction of sp³-hybridized carbons (Fsp3) is 0.542. The molecule has 1 saturated carbocycles. The van der Waals surface area contributed by atoms with Crippen LogP contribution in [0, 0.1) is 5.92 Å². The van der Waals surface area contributed by atoms with Gasteiger partial charge in [-0.25, -0.2) is 4.99 Å². The van der Waals surface area contributed by atoms with Gasteiger partial charge in [0.1, 0.15) is 0 Å². The lowest BCUT2D eigenvalue weighted by Crippen LogP contribution is -2.36. The summed E-state index contributed by atoms with van der Waals surface area (Å²) in [4.78, 5) is 16.9. The second-order valence-corrected chi connectivity index (χ2v) is 8.10. The number of rotatable bonds is 10. The summed E-state index contributed by atoms with van der Waals surface area (Å²) in [7, 11) is 0. The Labute approximate surface area is 208 Å². The van der Waals surface area contributed by atoms with Crippen LogP contribution in [0.5, 0.6) is 0 Å². The Morgan fingerprint density at radius 3 is 2.62 bits per heavy atom. The third-order valence-corrected chi connectivity index (χ3v) is 5.85. The van der Waals surface area contributed by atoms with E-state index in [1.54, 1.807) is 0 Å². The molecule has 7 nitrogen and oxygen atoms in total. The van der Waals surface area contributed by atoms with E-state index in [9.17, 15) is 4.79 Å². The second-order valence-electron chi connectivity index (χ2n) is 8.10. The summed E-state index contributed by atoms with van der Waals surface area (Å²) in [5, 5.41) is 13.8. The average molecular weight is 553 g/mol. The number of hydrogen-bond acceptors (Lipinski definition) is 4. The van der Waals surface area contributed by atoms with E-state index >= 15 is 0 Å². The van der Waals surface area contributed by atoms with E-state index < -0.39 is 0 Å². The molecule has 1 aliphatic rings. The van der Waals surface area contributed by atoms with Crippen LogP contribution in [-0.4, -0.2) is 23.6 Å². The fourth-order valence-electron chi connectivity index (χ4n) is 3.66. The predicted molar refractivity (Wildman–Crippen MR) is 139 cm³/mol. The van der Waals surface area contributed by atoms with E-state index in [1.165, 1.54) is 0 Å². The van der Waals surface area contributed by atoms with Gasteiger partial charge in [-0.2, -0.15) is 0 Å². The Kier molecular flexibility index (Phi) is 11.0. The summed E-state index contributed by atoms with van der Waals surface area (Å²) in [5.74, 6) is 2.26. The van der Waals surface area contributed by atoms with Crippen molar-refractivity contribution in [3.63, 3.8) is 0 Å². The molecule has 0 bridgehead atoms. The van der Waals surface area contributed by atoms with Crippen molar-refractivity contribution in [2.75, 3.05) is 11.9 Å². The molecule has 3 N–H and O–H groups in total. The molecule has 1 aromatic heterocycles. The zero-order chi connectivity index (χ0) is 22.1. The lowest BCUT2D eigenvalue weighted by Gasteiger charge is -2.24. The van der Waals surface area contributed by atoms with Gasteiger partial charge in [0.2, 0.25) is 5.91 Å². The monoisotopic (exact) mass is 553 g/mol. The predicted octanol–water partition coefficient (Wildman–Crippen LogP) is 5.19. The van der Waals surface area contributed by atoms with Crippen LogP contribution in [0.2, 0.25) is 0 Å². The molecule has 1 aromatic carbocycles. The van der Waals surface area contributed by atoms with Crippen LogP contribution >= 0.6 is 24.0 Å². The summed E-state index contributed by atoms with van der Waals surface area (Å²) in [6.07, 6.45) is 5.26. The first-order chi connectivity index (χ1) is 15.1. The molecule has 0 saturated heterocycles. The highest BCUT2D eigenvalue weighted by atomic mass is 127. The number of hydrogen-bond donors (Lipinski definition) is 3. The molecule has 2 aromatic rings. The maximum atomic E-state index is 12.2. The first-order valence-corrected chi connectivity index (χ1v) is 11.5. The Morgan fingerprint density at radius 2 is 1.97 bits per heavy atom. The van der Waals surface area contributed by atoms with Gasteiger partial charge in [0.05, 0.1) is 18.8 Å². The minimum Gasteiger partial charge on any atom is -0.359 e. The number of nitrogens with zero attached hydrogens (tertiary/aromatic N) is 2. The van der Waals surface area contributed by atoms with E-state index in [1.807, 2.05) is 37.3 Å². The Hall–Kier alpha value is -2.10. The van der Waals surface area contributed by atoms with Crippen LogP contribution < -0.4 is 16.0 Å². The fourth-order valence-corrected chi connectivity index (χ4v) is 3.66. The van der Waals surface area contributed by atoms with Crippen molar-refractivity contribution >= 4 is 41.5 Å². The van der Waals surface area contributed by atoms with Gasteiger partial charge in [0.25, 0.3) is 0 Å². The molecule has 0 radical (unpaired) electrons. The quantitative estimate of drug-likeness (QED) is 0.214. The van der Waals surface area contributed by atoms with Gasteiger partial charge in [-0.1, -0.05) is 37.6 Å². The van der Waals surface area contributed by atoms with Gasteiger partial charge < -0.3 is 20.5 Å². The summed E-state index contributed by atoms with van der Waals surface area (Å²) >= 11 is 0. The van der Waals surface area contributed by atoms with Crippen LogP contribution in [0.3, 0.4) is 0 Å². The van der Waals surface area contributed by atoms with Gasteiger partial charge in [-0.05, 0) is 50.3 Å². The Balaban J connectivity index is 0.00000363. The number of carbonyl (C=O) groups is 1. The second kappa shape index (κ2) is 13.4. The van der Waals surface area contributed by atoms with Crippen LogP contribution in [-0.2, 0) is 17.9 Å². The minimum atomic E-state index is 0. The number of guanidine groups is 1. The number of aromatic nitrogens is 1. The van der Waals surface area contributed by atoms with Crippen LogP contribution in [0.1, 0.15) is 75.8 Å². The number of halogens is 1. The number of benzene rings is 1. The zero-order valence-electron chi connectivity index (χ0n) is 19.3. The van der Waals surface area contributed by atoms with Gasteiger partial charge in [0.15, 0.2) is 11.7 Å². The first kappa shape index (κ1) is 26.2. The molecule has 1 heterocycles. The number of amides is 1. The highest BCUT2D eigenvalue weighted by Gasteiger charge is 2.25. The van der Waals surface area contributed by atoms with E-state index in [0.717, 1.165) is 61.4 Å². The molecule has 176 valence electrons. The van der Waals surface area contributed by atoms with Crippen LogP contribution in [0.25, 0.3) is 0 Å². The van der Waals surface area contributed by atoms with E-state index in [2.05, 4.69) is 39.9 Å². The minimum absolute atomic E-state index is 0. The maximum absolute atomic E-state index is 12.2. The smallest absolute Gasteiger partial charge is 0.227 e. The highest BCUT2D eigenvalue weighted by Crippen LogP contribution is 2.27. The number of anilines is 1. The van der Waals surface area contributed by atoms with Crippen molar-refractivity contribution in [2.24, 2.45) is 10.9 Å². The molecular weight excluding hydrogens is 517 g/mol. The molecule has 0 spiro atoms. The van der Waals surface area contributed by atoms with E-state index in [4.69, 9.17) is 4.52 Å². The van der Waals surface area contributed by atoms with Crippen molar-refractivity contribution < 1.29 is 9.32 Å². The largest absolute Gasteiger partial charge is 0.359 e. The van der Waals surface area contributed by atoms with Crippen LogP contribution in [0.15, 0.2) is 39.8 Å². The van der Waals surface area contributed by atoms with Gasteiger partial charge in [-0.3, -0.25) is 4.79 Å². The number of aliphatic imine (C=N–C) groups is 1. The van der Waals surface area contributed by atoms with Crippen molar-refractivity contribution in [3.05, 3.63) is 47.3 Å². The average Bonchev–Trinajstić information content (AvgIpc) is 3.19. The molecular formula is C24H36IN5O2. The van der Waals surface area contributed by atoms with E-state index in [-0.39, 0.29) is 35.8 Å². The van der Waals surface area contributed by atoms with Gasteiger partial charge in [-0.15, -0.1) is 24.0 Å². The van der Waals surface area contributed by atoms with Crippen LogP contribution in [0.4, 0.5) is 5.69 Å². The van der Waals surface area contributed by atoms with Crippen molar-refractivity contribution in [1.29, 1.82) is 0 Å². The van der Waals surface area contributed by atoms with Gasteiger partial charge >= 0.3 is 0 Å². The third-order valence-electron chi connectivity index (χ3n) is 5.85. The van der Waals surface area contributed by atoms with Gasteiger partial charge in [0, 0.05) is 30.1 Å². The normalized spacial score (nSPS) is 13.9. The lowest BCUT2D eigenvalue weighted by molar-refractivity contribution is -0.122. The first-order valence-electron chi connectivity index (χ1n) is 11.5. The topological polar surface area (TPSA) is 91.5 Å². The summed E-state index contributed by atoms with van der Waals surface area (Å²) in [5.41, 5.74) is 2.89. The zero-order valence-corrected chi connectivity index (χ0v) is 21.6. The molecule has 1 aliphatic carbocycles. The molecule has 32 heavy (non-hydrogen) atoms. The Morgan fingerprint density at radius 1 is 1.19 bits per heavy atom. The molecule has 0 unspecified atom stereocenters. The van der Waals surface area contributed by atoms with Crippen molar-refractivity contribution in [3.8, 4) is 0 Å². The summed E-state index contributed by atoms with van der Waals surface area (Å²) < 4.78 is 5.49. The third kappa shape index (κ3) is 7.50. The molecule has 0 atom stereocenters.